The van der Waals surface area contributed by atoms with E-state index >= 15 is 0 Å². The highest BCUT2D eigenvalue weighted by Crippen LogP contribution is 2.29. The maximum absolute atomic E-state index is 12.9. The summed E-state index contributed by atoms with van der Waals surface area (Å²) in [5.74, 6) is 0.813. The summed E-state index contributed by atoms with van der Waals surface area (Å²) in [6.07, 6.45) is -4.31. The molecule has 0 saturated carbocycles. The maximum atomic E-state index is 12.9. The number of piperazine rings is 1. The summed E-state index contributed by atoms with van der Waals surface area (Å²) in [7, 11) is 5.69. The Morgan fingerprint density at radius 1 is 1.23 bits per heavy atom. The van der Waals surface area contributed by atoms with Crippen molar-refractivity contribution in [3.8, 4) is 0 Å². The van der Waals surface area contributed by atoms with E-state index in [0.717, 1.165) is 49.0 Å². The highest BCUT2D eigenvalue weighted by Gasteiger charge is 2.30. The highest BCUT2D eigenvalue weighted by molar-refractivity contribution is 14.0. The number of aliphatic imine (C=N–C) groups is 1. The van der Waals surface area contributed by atoms with E-state index in [9.17, 15) is 13.2 Å². The first kappa shape index (κ1) is 25.7. The van der Waals surface area contributed by atoms with Gasteiger partial charge >= 0.3 is 6.18 Å². The number of anilines is 1. The minimum atomic E-state index is -4.31. The Morgan fingerprint density at radius 3 is 2.52 bits per heavy atom. The van der Waals surface area contributed by atoms with E-state index in [1.165, 1.54) is 12.1 Å². The molecule has 3 rings (SSSR count). The van der Waals surface area contributed by atoms with Crippen LogP contribution in [0.5, 0.6) is 0 Å². The normalized spacial score (nSPS) is 15.5. The van der Waals surface area contributed by atoms with Gasteiger partial charge in [-0.2, -0.15) is 13.2 Å². The summed E-state index contributed by atoms with van der Waals surface area (Å²) in [6.45, 7) is 4.16. The molecule has 0 atom stereocenters. The third kappa shape index (κ3) is 7.21. The molecule has 6 nitrogen and oxygen atoms in total. The molecule has 172 valence electrons. The lowest BCUT2D eigenvalue weighted by molar-refractivity contribution is -0.137. The molecule has 0 unspecified atom stereocenters. The van der Waals surface area contributed by atoms with Gasteiger partial charge in [-0.15, -0.1) is 35.3 Å². The number of nitrogens with zero attached hydrogens (tertiary/aromatic N) is 5. The number of benzene rings is 1. The van der Waals surface area contributed by atoms with E-state index < -0.39 is 11.7 Å². The van der Waals surface area contributed by atoms with Crippen molar-refractivity contribution in [2.24, 2.45) is 4.99 Å². The fourth-order valence-electron chi connectivity index (χ4n) is 3.31. The van der Waals surface area contributed by atoms with Crippen LogP contribution in [0.1, 0.15) is 16.8 Å². The molecule has 0 aliphatic carbocycles. The molecule has 0 bridgehead atoms. The smallest absolute Gasteiger partial charge is 0.354 e. The van der Waals surface area contributed by atoms with Crippen LogP contribution in [-0.4, -0.2) is 68.1 Å². The van der Waals surface area contributed by atoms with E-state index in [2.05, 4.69) is 25.1 Å². The SMILES string of the molecule is CN=C(NCc1csc(N(C)C)n1)N1CCN(Cc2cccc(C(F)(F)F)c2)CC1.I. The summed E-state index contributed by atoms with van der Waals surface area (Å²) < 4.78 is 38.7. The summed E-state index contributed by atoms with van der Waals surface area (Å²) in [6, 6.07) is 5.57. The Kier molecular flexibility index (Phi) is 9.37. The Balaban J connectivity index is 0.00000341. The van der Waals surface area contributed by atoms with Crippen molar-refractivity contribution in [2.75, 3.05) is 52.2 Å². The van der Waals surface area contributed by atoms with Crippen LogP contribution in [0.3, 0.4) is 0 Å². The molecular weight excluding hydrogens is 540 g/mol. The van der Waals surface area contributed by atoms with E-state index in [-0.39, 0.29) is 24.0 Å². The lowest BCUT2D eigenvalue weighted by atomic mass is 10.1. The van der Waals surface area contributed by atoms with Gasteiger partial charge in [-0.05, 0) is 11.6 Å². The van der Waals surface area contributed by atoms with Crippen molar-refractivity contribution < 1.29 is 13.2 Å². The first-order chi connectivity index (χ1) is 14.3. The van der Waals surface area contributed by atoms with Crippen molar-refractivity contribution in [2.45, 2.75) is 19.3 Å². The molecule has 1 saturated heterocycles. The molecule has 1 aromatic heterocycles. The van der Waals surface area contributed by atoms with Crippen LogP contribution >= 0.6 is 35.3 Å². The fraction of sp³-hybridized carbons (Fsp3) is 0.500. The predicted octanol–water partition coefficient (Wildman–Crippen LogP) is 3.74. The fourth-order valence-corrected chi connectivity index (χ4v) is 4.07. The van der Waals surface area contributed by atoms with Gasteiger partial charge < -0.3 is 15.1 Å². The summed E-state index contributed by atoms with van der Waals surface area (Å²) >= 11 is 1.60. The largest absolute Gasteiger partial charge is 0.416 e. The van der Waals surface area contributed by atoms with Crippen molar-refractivity contribution in [3.05, 3.63) is 46.5 Å². The van der Waals surface area contributed by atoms with Gasteiger partial charge in [-0.1, -0.05) is 18.2 Å². The van der Waals surface area contributed by atoms with Crippen LogP contribution in [0.2, 0.25) is 0 Å². The first-order valence-corrected chi connectivity index (χ1v) is 10.6. The number of halogens is 4. The number of nitrogens with one attached hydrogen (secondary N) is 1. The van der Waals surface area contributed by atoms with Crippen molar-refractivity contribution in [3.63, 3.8) is 0 Å². The molecule has 1 N–H and O–H groups in total. The Labute approximate surface area is 202 Å². The number of hydrogen-bond donors (Lipinski definition) is 1. The lowest BCUT2D eigenvalue weighted by Gasteiger charge is -2.36. The number of guanidine groups is 1. The maximum Gasteiger partial charge on any atom is 0.416 e. The number of aromatic nitrogens is 1. The van der Waals surface area contributed by atoms with E-state index in [4.69, 9.17) is 0 Å². The molecule has 31 heavy (non-hydrogen) atoms. The third-order valence-corrected chi connectivity index (χ3v) is 5.95. The Morgan fingerprint density at radius 2 is 1.94 bits per heavy atom. The van der Waals surface area contributed by atoms with Gasteiger partial charge in [0.2, 0.25) is 0 Å². The molecule has 11 heteroatoms. The summed E-state index contributed by atoms with van der Waals surface area (Å²) in [5.41, 5.74) is 1.05. The monoisotopic (exact) mass is 568 g/mol. The second kappa shape index (κ2) is 11.3. The third-order valence-electron chi connectivity index (χ3n) is 4.89. The van der Waals surface area contributed by atoms with Crippen LogP contribution in [0, 0.1) is 0 Å². The highest BCUT2D eigenvalue weighted by atomic mass is 127. The van der Waals surface area contributed by atoms with Crippen LogP contribution < -0.4 is 10.2 Å². The van der Waals surface area contributed by atoms with Gasteiger partial charge in [0.1, 0.15) is 0 Å². The topological polar surface area (TPSA) is 47.0 Å². The standard InChI is InChI=1S/C20H27F3N6S.HI/c1-24-18(25-12-17-14-30-19(26-17)27(2)3)29-9-7-28(8-10-29)13-15-5-4-6-16(11-15)20(21,22)23;/h4-6,11,14H,7-10,12-13H2,1-3H3,(H,24,25);1H. The van der Waals surface area contributed by atoms with Gasteiger partial charge in [0, 0.05) is 59.2 Å². The Hall–Kier alpha value is -1.60. The second-order valence-electron chi connectivity index (χ2n) is 7.38. The molecule has 2 heterocycles. The van der Waals surface area contributed by atoms with Crippen LogP contribution in [0.4, 0.5) is 18.3 Å². The van der Waals surface area contributed by atoms with Crippen LogP contribution in [0.25, 0.3) is 0 Å². The average molecular weight is 568 g/mol. The summed E-state index contributed by atoms with van der Waals surface area (Å²) in [5, 5.41) is 6.35. The number of rotatable bonds is 5. The molecule has 1 fully saturated rings. The number of hydrogen-bond acceptors (Lipinski definition) is 5. The minimum Gasteiger partial charge on any atom is -0.354 e. The molecule has 1 aromatic carbocycles. The zero-order valence-electron chi connectivity index (χ0n) is 17.8. The predicted molar refractivity (Wildman–Crippen MR) is 130 cm³/mol. The molecule has 0 amide bonds. The van der Waals surface area contributed by atoms with Gasteiger partial charge in [0.25, 0.3) is 0 Å². The molecule has 1 aliphatic heterocycles. The quantitative estimate of drug-likeness (QED) is 0.339. The summed E-state index contributed by atoms with van der Waals surface area (Å²) in [4.78, 5) is 15.3. The molecule has 1 aliphatic rings. The molecule has 0 radical (unpaired) electrons. The van der Waals surface area contributed by atoms with Gasteiger partial charge in [-0.3, -0.25) is 9.89 Å². The molecular formula is C20H28F3IN6S. The zero-order chi connectivity index (χ0) is 21.7. The zero-order valence-corrected chi connectivity index (χ0v) is 21.0. The van der Waals surface area contributed by atoms with Crippen molar-refractivity contribution in [1.29, 1.82) is 0 Å². The van der Waals surface area contributed by atoms with Gasteiger partial charge in [-0.25, -0.2) is 4.98 Å². The van der Waals surface area contributed by atoms with E-state index in [1.807, 2.05) is 24.4 Å². The molecule has 2 aromatic rings. The van der Waals surface area contributed by atoms with Crippen LogP contribution in [0.15, 0.2) is 34.6 Å². The van der Waals surface area contributed by atoms with Crippen molar-refractivity contribution in [1.82, 2.24) is 20.1 Å². The van der Waals surface area contributed by atoms with E-state index in [1.54, 1.807) is 24.5 Å². The average Bonchev–Trinajstić information content (AvgIpc) is 3.19. The van der Waals surface area contributed by atoms with Crippen molar-refractivity contribution >= 4 is 46.4 Å². The van der Waals surface area contributed by atoms with Crippen LogP contribution in [-0.2, 0) is 19.3 Å². The Bertz CT molecular complexity index is 863. The molecule has 0 spiro atoms. The van der Waals surface area contributed by atoms with E-state index in [0.29, 0.717) is 18.7 Å². The number of thiazole rings is 1. The first-order valence-electron chi connectivity index (χ1n) is 9.72. The van der Waals surface area contributed by atoms with Gasteiger partial charge in [0.05, 0.1) is 17.8 Å². The minimum absolute atomic E-state index is 0. The number of alkyl halides is 3. The van der Waals surface area contributed by atoms with Gasteiger partial charge in [0.15, 0.2) is 11.1 Å². The second-order valence-corrected chi connectivity index (χ2v) is 8.21. The lowest BCUT2D eigenvalue weighted by Crippen LogP contribution is -2.52.